The zero-order chi connectivity index (χ0) is 23.5. The van der Waals surface area contributed by atoms with Crippen LogP contribution in [0.5, 0.6) is 0 Å². The van der Waals surface area contributed by atoms with E-state index in [4.69, 9.17) is 9.47 Å². The van der Waals surface area contributed by atoms with Crippen LogP contribution in [0.25, 0.3) is 33.4 Å². The zero-order valence-corrected chi connectivity index (χ0v) is 20.4. The number of fused-ring (bicyclic) bond motifs is 1. The van der Waals surface area contributed by atoms with Crippen LogP contribution in [0.3, 0.4) is 0 Å². The molecular weight excluding hydrogens is 458 g/mol. The molecule has 4 heterocycles. The molecule has 0 saturated carbocycles. The van der Waals surface area contributed by atoms with Gasteiger partial charge in [0.2, 0.25) is 0 Å². The van der Waals surface area contributed by atoms with Crippen LogP contribution < -0.4 is 5.32 Å². The lowest BCUT2D eigenvalue weighted by atomic mass is 9.99. The van der Waals surface area contributed by atoms with E-state index in [0.717, 1.165) is 91.5 Å². The van der Waals surface area contributed by atoms with Crippen molar-refractivity contribution in [3.8, 4) is 22.4 Å². The Morgan fingerprint density at radius 3 is 2.57 bits per heavy atom. The van der Waals surface area contributed by atoms with Crippen LogP contribution in [0, 0.1) is 0 Å². The minimum atomic E-state index is 0.232. The van der Waals surface area contributed by atoms with Crippen LogP contribution in [0.2, 0.25) is 0 Å². The van der Waals surface area contributed by atoms with Gasteiger partial charge in [-0.1, -0.05) is 42.5 Å². The Kier molecular flexibility index (Phi) is 6.68. The standard InChI is InChI=1S/C27H29N5O2S/c1-2-5-19(6-3-1)23-24-26(28-17-21-7-4-14-34-21)29-18-30-27(24)31-25(23)20-8-10-22(11-9-20)35-32-12-15-33-16-13-32/h1-3,5-6,8-11,18,21H,4,7,12-17H2,(H2,28,29,30,31). The number of hydrogen-bond donors (Lipinski definition) is 2. The van der Waals surface area contributed by atoms with Gasteiger partial charge in [0.25, 0.3) is 0 Å². The number of morpholine rings is 1. The van der Waals surface area contributed by atoms with Crippen molar-refractivity contribution in [2.75, 3.05) is 44.8 Å². The maximum absolute atomic E-state index is 5.82. The lowest BCUT2D eigenvalue weighted by Gasteiger charge is -2.25. The van der Waals surface area contributed by atoms with Gasteiger partial charge in [0.1, 0.15) is 17.8 Å². The van der Waals surface area contributed by atoms with E-state index in [1.54, 1.807) is 18.3 Å². The van der Waals surface area contributed by atoms with Crippen LogP contribution in [0.4, 0.5) is 5.82 Å². The molecule has 0 amide bonds. The van der Waals surface area contributed by atoms with Crippen molar-refractivity contribution in [1.29, 1.82) is 0 Å². The molecule has 2 saturated heterocycles. The van der Waals surface area contributed by atoms with Gasteiger partial charge in [-0.2, -0.15) is 0 Å². The number of nitrogens with one attached hydrogen (secondary N) is 2. The molecule has 4 aromatic rings. The third-order valence-corrected chi connectivity index (χ3v) is 7.63. The first-order valence-electron chi connectivity index (χ1n) is 12.2. The van der Waals surface area contributed by atoms with Crippen LogP contribution in [0.15, 0.2) is 65.8 Å². The highest BCUT2D eigenvalue weighted by atomic mass is 32.2. The van der Waals surface area contributed by atoms with Crippen LogP contribution in [0.1, 0.15) is 12.8 Å². The third-order valence-electron chi connectivity index (χ3n) is 6.52. The Balaban J connectivity index is 1.37. The van der Waals surface area contributed by atoms with Gasteiger partial charge in [-0.15, -0.1) is 0 Å². The topological polar surface area (TPSA) is 75.3 Å². The van der Waals surface area contributed by atoms with E-state index in [1.807, 2.05) is 6.07 Å². The van der Waals surface area contributed by atoms with E-state index in [1.165, 1.54) is 4.90 Å². The summed E-state index contributed by atoms with van der Waals surface area (Å²) in [6.07, 6.45) is 4.06. The summed E-state index contributed by atoms with van der Waals surface area (Å²) in [6.45, 7) is 5.08. The average molecular weight is 488 g/mol. The fraction of sp³-hybridized carbons (Fsp3) is 0.333. The van der Waals surface area contributed by atoms with Crippen molar-refractivity contribution < 1.29 is 9.47 Å². The summed E-state index contributed by atoms with van der Waals surface area (Å²) in [5.74, 6) is 0.839. The van der Waals surface area contributed by atoms with E-state index in [9.17, 15) is 0 Å². The van der Waals surface area contributed by atoms with Gasteiger partial charge in [0.15, 0.2) is 0 Å². The SMILES string of the molecule is c1ccc(-c2c(-c3ccc(SN4CCOCC4)cc3)[nH]c3ncnc(NCC4CCCO4)c23)cc1. The molecule has 35 heavy (non-hydrogen) atoms. The molecule has 2 aliphatic rings. The molecule has 1 atom stereocenters. The highest BCUT2D eigenvalue weighted by molar-refractivity contribution is 7.97. The number of ether oxygens (including phenoxy) is 2. The molecule has 0 radical (unpaired) electrons. The summed E-state index contributed by atoms with van der Waals surface area (Å²) >= 11 is 1.79. The van der Waals surface area contributed by atoms with Crippen LogP contribution in [-0.4, -0.2) is 64.8 Å². The molecule has 1 unspecified atom stereocenters. The Bertz CT molecular complexity index is 1270. The number of H-pyrrole nitrogens is 1. The molecule has 2 aromatic heterocycles. The maximum Gasteiger partial charge on any atom is 0.143 e. The maximum atomic E-state index is 5.82. The van der Waals surface area contributed by atoms with Crippen molar-refractivity contribution in [2.24, 2.45) is 0 Å². The molecule has 0 aliphatic carbocycles. The van der Waals surface area contributed by atoms with Crippen molar-refractivity contribution in [3.05, 3.63) is 60.9 Å². The average Bonchev–Trinajstić information content (AvgIpc) is 3.57. The Morgan fingerprint density at radius 1 is 0.971 bits per heavy atom. The Labute approximate surface area is 209 Å². The highest BCUT2D eigenvalue weighted by Gasteiger charge is 2.21. The van der Waals surface area contributed by atoms with Crippen molar-refractivity contribution in [2.45, 2.75) is 23.8 Å². The number of aromatic amines is 1. The first-order chi connectivity index (χ1) is 17.3. The van der Waals surface area contributed by atoms with E-state index in [2.05, 4.69) is 73.1 Å². The molecular formula is C27H29N5O2S. The van der Waals surface area contributed by atoms with Crippen LogP contribution >= 0.6 is 11.9 Å². The molecule has 2 aliphatic heterocycles. The lowest BCUT2D eigenvalue weighted by Crippen LogP contribution is -2.30. The van der Waals surface area contributed by atoms with E-state index >= 15 is 0 Å². The minimum Gasteiger partial charge on any atom is -0.379 e. The number of nitrogens with zero attached hydrogens (tertiary/aromatic N) is 3. The first-order valence-corrected chi connectivity index (χ1v) is 13.0. The smallest absolute Gasteiger partial charge is 0.143 e. The highest BCUT2D eigenvalue weighted by Crippen LogP contribution is 2.40. The first kappa shape index (κ1) is 22.5. The number of anilines is 1. The molecule has 0 bridgehead atoms. The summed E-state index contributed by atoms with van der Waals surface area (Å²) in [6, 6.07) is 19.2. The van der Waals surface area contributed by atoms with Gasteiger partial charge < -0.3 is 19.8 Å². The number of rotatable bonds is 7. The molecule has 0 spiro atoms. The summed E-state index contributed by atoms with van der Waals surface area (Å²) < 4.78 is 13.6. The number of aromatic nitrogens is 3. The summed E-state index contributed by atoms with van der Waals surface area (Å²) in [5, 5.41) is 4.56. The number of benzene rings is 2. The predicted molar refractivity (Wildman–Crippen MR) is 140 cm³/mol. The van der Waals surface area contributed by atoms with Crippen molar-refractivity contribution in [3.63, 3.8) is 0 Å². The second-order valence-corrected chi connectivity index (χ2v) is 10.0. The molecule has 2 fully saturated rings. The van der Waals surface area contributed by atoms with Gasteiger partial charge in [0, 0.05) is 36.7 Å². The minimum absolute atomic E-state index is 0.232. The van der Waals surface area contributed by atoms with E-state index in [-0.39, 0.29) is 6.10 Å². The van der Waals surface area contributed by atoms with E-state index < -0.39 is 0 Å². The Morgan fingerprint density at radius 2 is 1.80 bits per heavy atom. The fourth-order valence-corrected chi connectivity index (χ4v) is 5.64. The molecule has 6 rings (SSSR count). The van der Waals surface area contributed by atoms with Crippen molar-refractivity contribution in [1.82, 2.24) is 19.3 Å². The van der Waals surface area contributed by atoms with Gasteiger partial charge in [0.05, 0.1) is 30.4 Å². The van der Waals surface area contributed by atoms with Gasteiger partial charge >= 0.3 is 0 Å². The molecule has 180 valence electrons. The normalized spacial score (nSPS) is 18.8. The summed E-state index contributed by atoms with van der Waals surface area (Å²) in [7, 11) is 0. The quantitative estimate of drug-likeness (QED) is 0.346. The summed E-state index contributed by atoms with van der Waals surface area (Å²) in [5.41, 5.74) is 5.25. The third kappa shape index (κ3) is 4.92. The largest absolute Gasteiger partial charge is 0.379 e. The van der Waals surface area contributed by atoms with Crippen LogP contribution in [-0.2, 0) is 9.47 Å². The monoisotopic (exact) mass is 487 g/mol. The second kappa shape index (κ2) is 10.4. The fourth-order valence-electron chi connectivity index (χ4n) is 4.75. The zero-order valence-electron chi connectivity index (χ0n) is 19.6. The molecule has 2 aromatic carbocycles. The molecule has 2 N–H and O–H groups in total. The number of hydrogen-bond acceptors (Lipinski definition) is 7. The van der Waals surface area contributed by atoms with Gasteiger partial charge in [-0.3, -0.25) is 0 Å². The van der Waals surface area contributed by atoms with Gasteiger partial charge in [-0.05, 0) is 48.0 Å². The van der Waals surface area contributed by atoms with Gasteiger partial charge in [-0.25, -0.2) is 14.3 Å². The molecule has 8 heteroatoms. The predicted octanol–water partition coefficient (Wildman–Crippen LogP) is 5.22. The molecule has 7 nitrogen and oxygen atoms in total. The summed E-state index contributed by atoms with van der Waals surface area (Å²) in [4.78, 5) is 14.0. The second-order valence-electron chi connectivity index (χ2n) is 8.86. The van der Waals surface area contributed by atoms with Crippen molar-refractivity contribution >= 4 is 28.8 Å². The lowest BCUT2D eigenvalue weighted by molar-refractivity contribution is 0.0773. The van der Waals surface area contributed by atoms with E-state index in [0.29, 0.717) is 0 Å². The Hall–Kier alpha value is -2.91.